The zero-order valence-electron chi connectivity index (χ0n) is 28.9. The highest BCUT2D eigenvalue weighted by atomic mass is 35.5. The topological polar surface area (TPSA) is 105 Å². The van der Waals surface area contributed by atoms with Gasteiger partial charge >= 0.3 is 0 Å². The molecule has 2 heterocycles. The van der Waals surface area contributed by atoms with Gasteiger partial charge in [-0.25, -0.2) is 13.1 Å². The van der Waals surface area contributed by atoms with Crippen molar-refractivity contribution in [2.24, 2.45) is 23.7 Å². The first-order valence-electron chi connectivity index (χ1n) is 17.1. The standard InChI is InChI=1S/C37H50ClN3O6S/c1-7-8-26-17-30(38)12-14-31(26)29-20-41-19-28-10-13-32(28)34(47-22-36(42)40(5)6)15-9-23(2)24(3)25(4)48(44,45)39-37(43)27-11-16-35(46-21-29)33(41)18-27/h9,11-12,14-18,23-25,28-29,32,34H,7-8,10,13,19-22H2,1-6H3,(H,39,43)/b15-9+/t23-,24-,25+,28-,29-,32+,34-/m0/s1. The smallest absolute Gasteiger partial charge is 0.264 e. The van der Waals surface area contributed by atoms with E-state index in [1.807, 2.05) is 38.1 Å². The number of anilines is 1. The second kappa shape index (κ2) is 15.2. The first kappa shape index (κ1) is 36.2. The molecule has 1 aliphatic carbocycles. The molecule has 2 aromatic rings. The number of nitrogens with one attached hydrogen (secondary N) is 1. The number of carbonyl (C=O) groups is 2. The van der Waals surface area contributed by atoms with E-state index in [0.29, 0.717) is 30.5 Å². The van der Waals surface area contributed by atoms with Crippen molar-refractivity contribution in [3.63, 3.8) is 0 Å². The fourth-order valence-electron chi connectivity index (χ4n) is 7.06. The minimum Gasteiger partial charge on any atom is -0.491 e. The van der Waals surface area contributed by atoms with E-state index in [1.54, 1.807) is 39.2 Å². The summed E-state index contributed by atoms with van der Waals surface area (Å²) >= 11 is 6.42. The van der Waals surface area contributed by atoms with Gasteiger partial charge < -0.3 is 19.3 Å². The van der Waals surface area contributed by atoms with E-state index in [1.165, 1.54) is 16.0 Å². The summed E-state index contributed by atoms with van der Waals surface area (Å²) in [5.41, 5.74) is 3.42. The lowest BCUT2D eigenvalue weighted by Gasteiger charge is -2.44. The van der Waals surface area contributed by atoms with Crippen LogP contribution in [0.3, 0.4) is 0 Å². The van der Waals surface area contributed by atoms with Crippen LogP contribution in [0.2, 0.25) is 5.02 Å². The predicted molar refractivity (Wildman–Crippen MR) is 190 cm³/mol. The van der Waals surface area contributed by atoms with Crippen LogP contribution in [0, 0.1) is 23.7 Å². The van der Waals surface area contributed by atoms with Crippen LogP contribution >= 0.6 is 11.6 Å². The van der Waals surface area contributed by atoms with E-state index in [-0.39, 0.29) is 53.8 Å². The van der Waals surface area contributed by atoms with Crippen molar-refractivity contribution in [3.05, 3.63) is 70.3 Å². The Kier molecular flexibility index (Phi) is 11.5. The molecule has 0 unspecified atom stereocenters. The second-order valence-corrected chi connectivity index (χ2v) is 16.5. The fourth-order valence-corrected chi connectivity index (χ4v) is 8.63. The fraction of sp³-hybridized carbons (Fsp3) is 0.568. The maximum Gasteiger partial charge on any atom is 0.264 e. The number of carbonyl (C=O) groups excluding carboxylic acids is 2. The lowest BCUT2D eigenvalue weighted by molar-refractivity contribution is -0.137. The van der Waals surface area contributed by atoms with Crippen molar-refractivity contribution in [1.82, 2.24) is 9.62 Å². The van der Waals surface area contributed by atoms with Crippen LogP contribution in [0.4, 0.5) is 5.69 Å². The third-order valence-electron chi connectivity index (χ3n) is 10.7. The van der Waals surface area contributed by atoms with Crippen molar-refractivity contribution in [2.75, 3.05) is 45.3 Å². The van der Waals surface area contributed by atoms with Gasteiger partial charge in [-0.1, -0.05) is 57.0 Å². The van der Waals surface area contributed by atoms with Crippen molar-refractivity contribution in [3.8, 4) is 5.75 Å². The number of amides is 2. The molecule has 262 valence electrons. The van der Waals surface area contributed by atoms with Crippen molar-refractivity contribution < 1.29 is 27.5 Å². The summed E-state index contributed by atoms with van der Waals surface area (Å²) in [6.07, 6.45) is 7.56. The van der Waals surface area contributed by atoms with Crippen LogP contribution in [0.15, 0.2) is 48.6 Å². The first-order valence-corrected chi connectivity index (χ1v) is 19.1. The van der Waals surface area contributed by atoms with Gasteiger partial charge in [-0.15, -0.1) is 0 Å². The van der Waals surface area contributed by atoms with Crippen LogP contribution in [0.5, 0.6) is 5.75 Å². The molecule has 9 nitrogen and oxygen atoms in total. The predicted octanol–water partition coefficient (Wildman–Crippen LogP) is 6.06. The first-order chi connectivity index (χ1) is 22.8. The summed E-state index contributed by atoms with van der Waals surface area (Å²) in [6.45, 7) is 9.39. The van der Waals surface area contributed by atoms with Gasteiger partial charge in [-0.05, 0) is 91.3 Å². The molecule has 0 aromatic heterocycles. The van der Waals surface area contributed by atoms with Gasteiger partial charge in [0.15, 0.2) is 0 Å². The van der Waals surface area contributed by atoms with Gasteiger partial charge in [0.05, 0.1) is 23.6 Å². The molecule has 2 aromatic carbocycles. The van der Waals surface area contributed by atoms with Crippen LogP contribution in [-0.4, -0.2) is 76.9 Å². The zero-order valence-corrected chi connectivity index (χ0v) is 30.5. The highest BCUT2D eigenvalue weighted by Crippen LogP contribution is 2.43. The number of hydrogen-bond acceptors (Lipinski definition) is 7. The summed E-state index contributed by atoms with van der Waals surface area (Å²) in [6, 6.07) is 11.2. The third-order valence-corrected chi connectivity index (χ3v) is 12.8. The molecule has 1 saturated carbocycles. The van der Waals surface area contributed by atoms with Crippen molar-refractivity contribution in [2.45, 2.75) is 70.7 Å². The Morgan fingerprint density at radius 1 is 1.08 bits per heavy atom. The molecule has 11 heteroatoms. The van der Waals surface area contributed by atoms with E-state index in [2.05, 4.69) is 22.6 Å². The molecule has 3 aliphatic rings. The highest BCUT2D eigenvalue weighted by molar-refractivity contribution is 7.90. The molecule has 0 spiro atoms. The number of sulfonamides is 1. The number of ether oxygens (including phenoxy) is 2. The van der Waals surface area contributed by atoms with E-state index < -0.39 is 21.2 Å². The molecule has 2 amide bonds. The van der Waals surface area contributed by atoms with E-state index >= 15 is 0 Å². The number of aryl methyl sites for hydroxylation is 1. The average Bonchev–Trinajstić information content (AvgIpc) is 3.21. The number of rotatable bonds is 6. The zero-order chi connectivity index (χ0) is 34.7. The summed E-state index contributed by atoms with van der Waals surface area (Å²) in [4.78, 5) is 29.9. The Morgan fingerprint density at radius 3 is 2.54 bits per heavy atom. The lowest BCUT2D eigenvalue weighted by atomic mass is 9.69. The number of nitrogens with zero attached hydrogens (tertiary/aromatic N) is 2. The molecular weight excluding hydrogens is 650 g/mol. The molecule has 7 atom stereocenters. The maximum absolute atomic E-state index is 13.5. The molecular formula is C37H50ClN3O6S. The van der Waals surface area contributed by atoms with Gasteiger partial charge in [-0.3, -0.25) is 9.59 Å². The molecule has 2 aliphatic heterocycles. The normalized spacial score (nSPS) is 29.4. The monoisotopic (exact) mass is 699 g/mol. The van der Waals surface area contributed by atoms with Crippen molar-refractivity contribution >= 4 is 39.1 Å². The highest BCUT2D eigenvalue weighted by Gasteiger charge is 2.40. The van der Waals surface area contributed by atoms with E-state index in [9.17, 15) is 18.0 Å². The van der Waals surface area contributed by atoms with Crippen LogP contribution in [0.1, 0.15) is 74.4 Å². The third kappa shape index (κ3) is 8.03. The Morgan fingerprint density at radius 2 is 1.85 bits per heavy atom. The van der Waals surface area contributed by atoms with Gasteiger partial charge in [-0.2, -0.15) is 0 Å². The molecule has 2 bridgehead atoms. The number of hydrogen-bond donors (Lipinski definition) is 1. The van der Waals surface area contributed by atoms with Crippen LogP contribution in [0.25, 0.3) is 0 Å². The summed E-state index contributed by atoms with van der Waals surface area (Å²) in [7, 11) is -0.562. The van der Waals surface area contributed by atoms with E-state index in [4.69, 9.17) is 21.1 Å². The summed E-state index contributed by atoms with van der Waals surface area (Å²) in [5.74, 6) is -0.0702. The quantitative estimate of drug-likeness (QED) is 0.366. The summed E-state index contributed by atoms with van der Waals surface area (Å²) < 4.78 is 42.0. The number of halogens is 1. The van der Waals surface area contributed by atoms with Gasteiger partial charge in [0.2, 0.25) is 15.9 Å². The van der Waals surface area contributed by atoms with Crippen LogP contribution < -0.4 is 14.4 Å². The molecule has 5 rings (SSSR count). The maximum atomic E-state index is 13.5. The minimum atomic E-state index is -3.99. The Balaban J connectivity index is 1.56. The lowest BCUT2D eigenvalue weighted by Crippen LogP contribution is -2.45. The van der Waals surface area contributed by atoms with E-state index in [0.717, 1.165) is 31.4 Å². The van der Waals surface area contributed by atoms with Gasteiger partial charge in [0, 0.05) is 43.7 Å². The Bertz CT molecular complexity index is 1630. The molecule has 0 saturated heterocycles. The van der Waals surface area contributed by atoms with Crippen LogP contribution in [-0.2, 0) is 26.0 Å². The second-order valence-electron chi connectivity index (χ2n) is 14.0. The van der Waals surface area contributed by atoms with Crippen molar-refractivity contribution in [1.29, 1.82) is 0 Å². The summed E-state index contributed by atoms with van der Waals surface area (Å²) in [5, 5.41) is -0.129. The van der Waals surface area contributed by atoms with Gasteiger partial charge in [0.1, 0.15) is 12.4 Å². The number of likely N-dealkylation sites (N-methyl/N-ethyl adjacent to an activating group) is 1. The average molecular weight is 700 g/mol. The molecule has 48 heavy (non-hydrogen) atoms. The molecule has 1 N–H and O–H groups in total. The number of allylic oxidation sites excluding steroid dienone is 1. The molecule has 0 radical (unpaired) electrons. The number of fused-ring (bicyclic) bond motifs is 2. The van der Waals surface area contributed by atoms with Gasteiger partial charge in [0.25, 0.3) is 5.91 Å². The largest absolute Gasteiger partial charge is 0.491 e. The Labute approximate surface area is 291 Å². The Hall–Kier alpha value is -3.08. The minimum absolute atomic E-state index is 0.0332. The molecule has 1 fully saturated rings. The number of benzene rings is 2. The SMILES string of the molecule is CCCc1cc(Cl)ccc1[C@@H]1COc2ccc3cc2N(C1)C[C@@H]1CC[C@H]1[C@@H](OCC(=O)N(C)C)/C=C/[C@H](C)[C@H](C)[C@@H](C)S(=O)(=O)NC3=O.